The molecular weight excluding hydrogens is 202 g/mol. The first-order chi connectivity index (χ1) is 6.44. The van der Waals surface area contributed by atoms with Crippen molar-refractivity contribution in [2.45, 2.75) is 31.8 Å². The third-order valence-corrected chi connectivity index (χ3v) is 4.10. The Labute approximate surface area is 88.5 Å². The van der Waals surface area contributed by atoms with Gasteiger partial charge in [0.25, 0.3) is 0 Å². The van der Waals surface area contributed by atoms with Crippen LogP contribution in [0.1, 0.15) is 20.8 Å². The summed E-state index contributed by atoms with van der Waals surface area (Å²) in [6.45, 7) is 6.55. The number of nitrogens with two attached hydrogens (primary N) is 1. The van der Waals surface area contributed by atoms with Gasteiger partial charge in [-0.15, -0.1) is 11.8 Å². The topological polar surface area (TPSA) is 61.6 Å². The molecular formula is C9H17NO3S. The minimum atomic E-state index is -0.739. The maximum atomic E-state index is 10.4. The molecule has 0 aliphatic carbocycles. The highest BCUT2D eigenvalue weighted by Crippen LogP contribution is 2.41. The van der Waals surface area contributed by atoms with Crippen molar-refractivity contribution >= 4 is 17.9 Å². The van der Waals surface area contributed by atoms with E-state index in [4.69, 9.17) is 15.2 Å². The number of rotatable bonds is 3. The fourth-order valence-corrected chi connectivity index (χ4v) is 2.44. The van der Waals surface area contributed by atoms with Gasteiger partial charge in [0.2, 0.25) is 0 Å². The Kier molecular flexibility index (Phi) is 3.66. The third-order valence-electron chi connectivity index (χ3n) is 2.42. The zero-order valence-corrected chi connectivity index (χ0v) is 9.60. The summed E-state index contributed by atoms with van der Waals surface area (Å²) >= 11 is 1.76. The number of amides is 1. The summed E-state index contributed by atoms with van der Waals surface area (Å²) in [5, 5.41) is 0. The van der Waals surface area contributed by atoms with Gasteiger partial charge in [0.15, 0.2) is 0 Å². The summed E-state index contributed by atoms with van der Waals surface area (Å²) in [4.78, 5) is 10.2. The van der Waals surface area contributed by atoms with Crippen molar-refractivity contribution in [2.75, 3.05) is 12.4 Å². The lowest BCUT2D eigenvalue weighted by molar-refractivity contribution is -0.0457. The van der Waals surface area contributed by atoms with Gasteiger partial charge < -0.3 is 15.2 Å². The van der Waals surface area contributed by atoms with Crippen molar-refractivity contribution in [3.8, 4) is 0 Å². The average Bonchev–Trinajstić information content (AvgIpc) is 2.45. The van der Waals surface area contributed by atoms with E-state index in [0.29, 0.717) is 5.92 Å². The van der Waals surface area contributed by atoms with Gasteiger partial charge in [0.05, 0.1) is 0 Å². The molecule has 1 fully saturated rings. The molecule has 5 heteroatoms. The molecule has 1 rings (SSSR count). The van der Waals surface area contributed by atoms with E-state index in [1.54, 1.807) is 11.8 Å². The Morgan fingerprint density at radius 1 is 1.79 bits per heavy atom. The largest absolute Gasteiger partial charge is 0.447 e. The number of ether oxygens (including phenoxy) is 2. The van der Waals surface area contributed by atoms with E-state index in [0.717, 1.165) is 5.75 Å². The fourth-order valence-electron chi connectivity index (χ4n) is 1.22. The molecule has 0 aromatic heterocycles. The van der Waals surface area contributed by atoms with Gasteiger partial charge in [0, 0.05) is 5.75 Å². The van der Waals surface area contributed by atoms with E-state index in [2.05, 4.69) is 20.8 Å². The van der Waals surface area contributed by atoms with Gasteiger partial charge in [-0.05, 0) is 12.8 Å². The molecule has 0 aromatic rings. The van der Waals surface area contributed by atoms with Crippen LogP contribution in [0.4, 0.5) is 4.79 Å². The number of hydrogen-bond acceptors (Lipinski definition) is 4. The van der Waals surface area contributed by atoms with Crippen LogP contribution in [-0.2, 0) is 9.47 Å². The van der Waals surface area contributed by atoms with E-state index in [9.17, 15) is 4.79 Å². The molecule has 1 aliphatic rings. The van der Waals surface area contributed by atoms with Crippen LogP contribution in [0.15, 0.2) is 0 Å². The van der Waals surface area contributed by atoms with Crippen LogP contribution < -0.4 is 5.73 Å². The highest BCUT2D eigenvalue weighted by molar-refractivity contribution is 8.00. The molecule has 1 heterocycles. The van der Waals surface area contributed by atoms with Gasteiger partial charge in [-0.1, -0.05) is 13.8 Å². The van der Waals surface area contributed by atoms with Crippen molar-refractivity contribution in [1.29, 1.82) is 0 Å². The van der Waals surface area contributed by atoms with Crippen LogP contribution in [-0.4, -0.2) is 29.5 Å². The summed E-state index contributed by atoms with van der Waals surface area (Å²) in [5.41, 5.74) is 4.87. The molecule has 14 heavy (non-hydrogen) atoms. The standard InChI is InChI=1S/C9H17NO3S/c1-6(2)9(3)13-7(5-14-9)4-12-8(10)11/h6-7H,4-5H2,1-3H3,(H2,10,11). The second kappa shape index (κ2) is 4.40. The van der Waals surface area contributed by atoms with Crippen LogP contribution in [0.2, 0.25) is 0 Å². The lowest BCUT2D eigenvalue weighted by Crippen LogP contribution is -2.31. The Morgan fingerprint density at radius 2 is 2.43 bits per heavy atom. The first-order valence-electron chi connectivity index (χ1n) is 4.68. The molecule has 0 bridgehead atoms. The van der Waals surface area contributed by atoms with Gasteiger partial charge in [-0.2, -0.15) is 0 Å². The minimum absolute atomic E-state index is 0.0279. The molecule has 1 amide bonds. The molecule has 2 atom stereocenters. The summed E-state index contributed by atoms with van der Waals surface area (Å²) in [5.74, 6) is 1.29. The highest BCUT2D eigenvalue weighted by Gasteiger charge is 2.39. The van der Waals surface area contributed by atoms with E-state index in [1.807, 2.05) is 0 Å². The highest BCUT2D eigenvalue weighted by atomic mass is 32.2. The number of thioether (sulfide) groups is 1. The molecule has 0 saturated carbocycles. The van der Waals surface area contributed by atoms with E-state index in [1.165, 1.54) is 0 Å². The molecule has 1 saturated heterocycles. The summed E-state index contributed by atoms with van der Waals surface area (Å²) in [6, 6.07) is 0. The lowest BCUT2D eigenvalue weighted by Gasteiger charge is -2.27. The Balaban J connectivity index is 2.37. The van der Waals surface area contributed by atoms with E-state index < -0.39 is 6.09 Å². The molecule has 0 radical (unpaired) electrons. The lowest BCUT2D eigenvalue weighted by atomic mass is 10.1. The zero-order chi connectivity index (χ0) is 10.8. The Bertz CT molecular complexity index is 222. The van der Waals surface area contributed by atoms with Crippen molar-refractivity contribution in [3.63, 3.8) is 0 Å². The van der Waals surface area contributed by atoms with Crippen LogP contribution in [0.5, 0.6) is 0 Å². The normalized spacial score (nSPS) is 32.1. The molecule has 0 spiro atoms. The third kappa shape index (κ3) is 2.78. The summed E-state index contributed by atoms with van der Waals surface area (Å²) < 4.78 is 10.5. The second-order valence-corrected chi connectivity index (χ2v) is 5.28. The summed E-state index contributed by atoms with van der Waals surface area (Å²) in [6.07, 6.45) is -0.767. The van der Waals surface area contributed by atoms with Crippen LogP contribution >= 0.6 is 11.8 Å². The zero-order valence-electron chi connectivity index (χ0n) is 8.78. The Morgan fingerprint density at radius 3 is 2.86 bits per heavy atom. The number of hydrogen-bond donors (Lipinski definition) is 1. The molecule has 0 aromatic carbocycles. The van der Waals surface area contributed by atoms with Gasteiger partial charge in [0.1, 0.15) is 17.6 Å². The maximum absolute atomic E-state index is 10.4. The summed E-state index contributed by atoms with van der Waals surface area (Å²) in [7, 11) is 0. The molecule has 4 nitrogen and oxygen atoms in total. The Hall–Kier alpha value is -0.420. The smallest absolute Gasteiger partial charge is 0.404 e. The van der Waals surface area contributed by atoms with Gasteiger partial charge >= 0.3 is 6.09 Å². The predicted octanol–water partition coefficient (Wildman–Crippen LogP) is 1.59. The minimum Gasteiger partial charge on any atom is -0.447 e. The fraction of sp³-hybridized carbons (Fsp3) is 0.889. The number of primary amides is 1. The van der Waals surface area contributed by atoms with Crippen LogP contribution in [0.25, 0.3) is 0 Å². The van der Waals surface area contributed by atoms with E-state index >= 15 is 0 Å². The average molecular weight is 219 g/mol. The van der Waals surface area contributed by atoms with Crippen molar-refractivity contribution in [2.24, 2.45) is 11.7 Å². The molecule has 1 aliphatic heterocycles. The maximum Gasteiger partial charge on any atom is 0.404 e. The van der Waals surface area contributed by atoms with Crippen molar-refractivity contribution in [3.05, 3.63) is 0 Å². The second-order valence-electron chi connectivity index (χ2n) is 3.85. The van der Waals surface area contributed by atoms with Gasteiger partial charge in [-0.25, -0.2) is 4.79 Å². The molecule has 2 unspecified atom stereocenters. The SMILES string of the molecule is CC(C)C1(C)OC(COC(N)=O)CS1. The quantitative estimate of drug-likeness (QED) is 0.783. The van der Waals surface area contributed by atoms with Crippen molar-refractivity contribution in [1.82, 2.24) is 0 Å². The molecule has 2 N–H and O–H groups in total. The number of carbonyl (C=O) groups is 1. The number of carbonyl (C=O) groups excluding carboxylic acids is 1. The first-order valence-corrected chi connectivity index (χ1v) is 5.66. The van der Waals surface area contributed by atoms with E-state index in [-0.39, 0.29) is 17.6 Å². The predicted molar refractivity (Wildman–Crippen MR) is 56.1 cm³/mol. The van der Waals surface area contributed by atoms with Gasteiger partial charge in [-0.3, -0.25) is 0 Å². The molecule has 82 valence electrons. The van der Waals surface area contributed by atoms with Crippen LogP contribution in [0.3, 0.4) is 0 Å². The van der Waals surface area contributed by atoms with Crippen molar-refractivity contribution < 1.29 is 14.3 Å². The first kappa shape index (κ1) is 11.7. The van der Waals surface area contributed by atoms with Crippen LogP contribution in [0, 0.1) is 5.92 Å². The monoisotopic (exact) mass is 219 g/mol.